The third-order valence-corrected chi connectivity index (χ3v) is 4.86. The lowest BCUT2D eigenvalue weighted by molar-refractivity contribution is 0.778. The van der Waals surface area contributed by atoms with Crippen molar-refractivity contribution in [1.29, 1.82) is 0 Å². The average Bonchev–Trinajstić information content (AvgIpc) is 2.90. The first-order chi connectivity index (χ1) is 11.7. The van der Waals surface area contributed by atoms with Gasteiger partial charge in [-0.1, -0.05) is 30.3 Å². The van der Waals surface area contributed by atoms with Gasteiger partial charge in [0.05, 0.1) is 10.7 Å². The number of guanidine groups is 1. The van der Waals surface area contributed by atoms with Crippen LogP contribution in [0.15, 0.2) is 35.3 Å². The maximum Gasteiger partial charge on any atom is 0.191 e. The summed E-state index contributed by atoms with van der Waals surface area (Å²) >= 11 is 1.79. The Balaban J connectivity index is 1.74. The van der Waals surface area contributed by atoms with Crippen LogP contribution < -0.4 is 10.6 Å². The number of hydrogen-bond donors (Lipinski definition) is 2. The van der Waals surface area contributed by atoms with Crippen LogP contribution in [0.4, 0.5) is 0 Å². The Bertz CT molecular complexity index is 634. The summed E-state index contributed by atoms with van der Waals surface area (Å²) in [7, 11) is 0. The minimum Gasteiger partial charge on any atom is -0.357 e. The standard InChI is InChI=1S/C19H28N4S/c1-4-20-19(21-13-8-11-17-9-6-5-7-10-17)22-14-12-18-15(2)23-16(3)24-18/h5-7,9-10H,4,8,11-14H2,1-3H3,(H2,20,21,22). The number of nitrogens with zero attached hydrogens (tertiary/aromatic N) is 2. The number of aromatic nitrogens is 1. The van der Waals surface area contributed by atoms with Crippen LogP contribution in [0.3, 0.4) is 0 Å². The number of aliphatic imine (C=N–C) groups is 1. The molecule has 0 aliphatic carbocycles. The predicted molar refractivity (Wildman–Crippen MR) is 104 cm³/mol. The number of rotatable bonds is 8. The van der Waals surface area contributed by atoms with E-state index >= 15 is 0 Å². The molecule has 0 aliphatic heterocycles. The van der Waals surface area contributed by atoms with E-state index in [2.05, 4.69) is 71.7 Å². The Morgan fingerprint density at radius 3 is 2.58 bits per heavy atom. The molecule has 2 rings (SSSR count). The number of hydrogen-bond acceptors (Lipinski definition) is 3. The van der Waals surface area contributed by atoms with Crippen molar-refractivity contribution in [3.8, 4) is 0 Å². The fourth-order valence-electron chi connectivity index (χ4n) is 2.56. The van der Waals surface area contributed by atoms with Crippen LogP contribution in [-0.4, -0.2) is 30.6 Å². The van der Waals surface area contributed by atoms with E-state index in [0.717, 1.165) is 55.6 Å². The molecule has 2 N–H and O–H groups in total. The minimum absolute atomic E-state index is 0.836. The molecule has 5 heteroatoms. The zero-order chi connectivity index (χ0) is 17.2. The quantitative estimate of drug-likeness (QED) is 0.438. The Kier molecular flexibility index (Phi) is 7.75. The molecule has 0 saturated heterocycles. The molecule has 1 aromatic carbocycles. The predicted octanol–water partition coefficient (Wildman–Crippen LogP) is 3.49. The molecule has 0 atom stereocenters. The second-order valence-corrected chi connectivity index (χ2v) is 7.06. The second-order valence-electron chi connectivity index (χ2n) is 5.77. The van der Waals surface area contributed by atoms with E-state index in [1.165, 1.54) is 10.4 Å². The highest BCUT2D eigenvalue weighted by atomic mass is 32.1. The van der Waals surface area contributed by atoms with E-state index in [9.17, 15) is 0 Å². The third kappa shape index (κ3) is 6.32. The maximum absolute atomic E-state index is 4.67. The van der Waals surface area contributed by atoms with E-state index in [1.54, 1.807) is 11.3 Å². The molecule has 0 fully saturated rings. The molecule has 1 aromatic heterocycles. The van der Waals surface area contributed by atoms with Crippen molar-refractivity contribution in [3.63, 3.8) is 0 Å². The van der Waals surface area contributed by atoms with Gasteiger partial charge in [-0.15, -0.1) is 11.3 Å². The van der Waals surface area contributed by atoms with Crippen molar-refractivity contribution in [3.05, 3.63) is 51.5 Å². The van der Waals surface area contributed by atoms with Gasteiger partial charge in [-0.05, 0) is 39.2 Å². The van der Waals surface area contributed by atoms with Crippen molar-refractivity contribution in [2.24, 2.45) is 4.99 Å². The van der Waals surface area contributed by atoms with Crippen LogP contribution in [0.25, 0.3) is 0 Å². The van der Waals surface area contributed by atoms with Crippen molar-refractivity contribution in [1.82, 2.24) is 15.6 Å². The largest absolute Gasteiger partial charge is 0.357 e. The van der Waals surface area contributed by atoms with Gasteiger partial charge in [0, 0.05) is 30.9 Å². The number of benzene rings is 1. The van der Waals surface area contributed by atoms with Crippen molar-refractivity contribution < 1.29 is 0 Å². The summed E-state index contributed by atoms with van der Waals surface area (Å²) in [5.74, 6) is 0.907. The zero-order valence-corrected chi connectivity index (χ0v) is 15.7. The van der Waals surface area contributed by atoms with Crippen molar-refractivity contribution >= 4 is 17.3 Å². The average molecular weight is 345 g/mol. The van der Waals surface area contributed by atoms with Crippen LogP contribution in [0.5, 0.6) is 0 Å². The summed E-state index contributed by atoms with van der Waals surface area (Å²) < 4.78 is 0. The lowest BCUT2D eigenvalue weighted by Gasteiger charge is -2.11. The monoisotopic (exact) mass is 344 g/mol. The molecule has 0 aliphatic rings. The Hall–Kier alpha value is -1.88. The lowest BCUT2D eigenvalue weighted by atomic mass is 10.1. The number of thiazole rings is 1. The van der Waals surface area contributed by atoms with Gasteiger partial charge in [-0.25, -0.2) is 4.98 Å². The van der Waals surface area contributed by atoms with Gasteiger partial charge in [0.25, 0.3) is 0 Å². The van der Waals surface area contributed by atoms with Crippen LogP contribution in [0, 0.1) is 13.8 Å². The molecule has 0 saturated carbocycles. The number of nitrogens with one attached hydrogen (secondary N) is 2. The first-order valence-corrected chi connectivity index (χ1v) is 9.49. The van der Waals surface area contributed by atoms with Gasteiger partial charge in [0.2, 0.25) is 0 Å². The highest BCUT2D eigenvalue weighted by Crippen LogP contribution is 2.16. The molecule has 0 spiro atoms. The molecule has 0 bridgehead atoms. The maximum atomic E-state index is 4.67. The summed E-state index contributed by atoms with van der Waals surface area (Å²) in [6.07, 6.45) is 3.13. The summed E-state index contributed by atoms with van der Waals surface area (Å²) in [6, 6.07) is 10.6. The fraction of sp³-hybridized carbons (Fsp3) is 0.474. The van der Waals surface area contributed by atoms with E-state index < -0.39 is 0 Å². The molecule has 0 radical (unpaired) electrons. The molecule has 0 unspecified atom stereocenters. The van der Waals surface area contributed by atoms with Gasteiger partial charge in [0.1, 0.15) is 0 Å². The Morgan fingerprint density at radius 1 is 1.12 bits per heavy atom. The van der Waals surface area contributed by atoms with E-state index in [-0.39, 0.29) is 0 Å². The van der Waals surface area contributed by atoms with Gasteiger partial charge in [0.15, 0.2) is 5.96 Å². The molecule has 24 heavy (non-hydrogen) atoms. The number of aryl methyl sites for hydroxylation is 3. The van der Waals surface area contributed by atoms with E-state index in [4.69, 9.17) is 0 Å². The third-order valence-electron chi connectivity index (χ3n) is 3.72. The smallest absolute Gasteiger partial charge is 0.191 e. The first kappa shape index (κ1) is 18.5. The molecular weight excluding hydrogens is 316 g/mol. The molecule has 0 amide bonds. The van der Waals surface area contributed by atoms with Gasteiger partial charge in [-0.3, -0.25) is 4.99 Å². The molecule has 4 nitrogen and oxygen atoms in total. The topological polar surface area (TPSA) is 49.3 Å². The van der Waals surface area contributed by atoms with Crippen LogP contribution in [0.2, 0.25) is 0 Å². The highest BCUT2D eigenvalue weighted by Gasteiger charge is 2.05. The molecule has 2 aromatic rings. The SMILES string of the molecule is CCNC(=NCCCc1ccccc1)NCCc1sc(C)nc1C. The molecule has 1 heterocycles. The minimum atomic E-state index is 0.836. The Morgan fingerprint density at radius 2 is 1.92 bits per heavy atom. The van der Waals surface area contributed by atoms with Crippen molar-refractivity contribution in [2.45, 2.75) is 40.0 Å². The Labute approximate surface area is 149 Å². The summed E-state index contributed by atoms with van der Waals surface area (Å²) in [4.78, 5) is 10.5. The highest BCUT2D eigenvalue weighted by molar-refractivity contribution is 7.11. The summed E-state index contributed by atoms with van der Waals surface area (Å²) in [6.45, 7) is 8.84. The molecule has 130 valence electrons. The van der Waals surface area contributed by atoms with Crippen molar-refractivity contribution in [2.75, 3.05) is 19.6 Å². The second kappa shape index (κ2) is 10.1. The van der Waals surface area contributed by atoms with E-state index in [1.807, 2.05) is 0 Å². The van der Waals surface area contributed by atoms with Crippen LogP contribution in [0.1, 0.15) is 34.5 Å². The fourth-order valence-corrected chi connectivity index (χ4v) is 3.50. The lowest BCUT2D eigenvalue weighted by Crippen LogP contribution is -2.38. The normalized spacial score (nSPS) is 11.5. The first-order valence-electron chi connectivity index (χ1n) is 8.68. The molecular formula is C19H28N4S. The van der Waals surface area contributed by atoms with E-state index in [0.29, 0.717) is 0 Å². The summed E-state index contributed by atoms with van der Waals surface area (Å²) in [5, 5.41) is 7.88. The summed E-state index contributed by atoms with van der Waals surface area (Å²) in [5.41, 5.74) is 2.53. The zero-order valence-electron chi connectivity index (χ0n) is 14.9. The van der Waals surface area contributed by atoms with Crippen LogP contribution in [-0.2, 0) is 12.8 Å². The van der Waals surface area contributed by atoms with Gasteiger partial charge < -0.3 is 10.6 Å². The van der Waals surface area contributed by atoms with Gasteiger partial charge in [-0.2, -0.15) is 0 Å². The van der Waals surface area contributed by atoms with Gasteiger partial charge >= 0.3 is 0 Å². The van der Waals surface area contributed by atoms with Crippen LogP contribution >= 0.6 is 11.3 Å².